The van der Waals surface area contributed by atoms with E-state index in [1.807, 2.05) is 0 Å². The zero-order chi connectivity index (χ0) is 18.2. The summed E-state index contributed by atoms with van der Waals surface area (Å²) < 4.78 is 50.3. The number of carbonyl (C=O) groups excluding carboxylic acids is 1. The average Bonchev–Trinajstić information content (AvgIpc) is 3.04. The summed E-state index contributed by atoms with van der Waals surface area (Å²) in [7, 11) is 2.57. The number of alkyl halides is 3. The van der Waals surface area contributed by atoms with Crippen LogP contribution in [0.1, 0.15) is 17.8 Å². The molecule has 0 saturated heterocycles. The molecule has 0 atom stereocenters. The van der Waals surface area contributed by atoms with Crippen molar-refractivity contribution in [2.24, 2.45) is 0 Å². The maximum atomic E-state index is 13.3. The Kier molecular flexibility index (Phi) is 4.19. The molecular formula is C15H13F3N4O3. The van der Waals surface area contributed by atoms with Crippen LogP contribution in [0.25, 0.3) is 16.7 Å². The van der Waals surface area contributed by atoms with Gasteiger partial charge < -0.3 is 9.47 Å². The van der Waals surface area contributed by atoms with Crippen LogP contribution in [0.3, 0.4) is 0 Å². The molecule has 0 N–H and O–H groups in total. The fourth-order valence-electron chi connectivity index (χ4n) is 2.48. The van der Waals surface area contributed by atoms with E-state index in [4.69, 9.17) is 4.74 Å². The highest BCUT2D eigenvalue weighted by Crippen LogP contribution is 2.32. The van der Waals surface area contributed by atoms with Gasteiger partial charge in [0.25, 0.3) is 5.88 Å². The van der Waals surface area contributed by atoms with Crippen molar-refractivity contribution in [3.8, 4) is 5.88 Å². The predicted molar refractivity (Wildman–Crippen MR) is 80.2 cm³/mol. The third-order valence-electron chi connectivity index (χ3n) is 3.65. The molecule has 0 spiro atoms. The molecule has 0 amide bonds. The number of methoxy groups -OCH3 is 2. The Balaban J connectivity index is 2.21. The Morgan fingerprint density at radius 2 is 2.00 bits per heavy atom. The highest BCUT2D eigenvalue weighted by Gasteiger charge is 2.38. The van der Waals surface area contributed by atoms with E-state index < -0.39 is 18.0 Å². The number of benzene rings is 1. The Labute approximate surface area is 139 Å². The number of rotatable bonds is 4. The van der Waals surface area contributed by atoms with Gasteiger partial charge in [0, 0.05) is 6.42 Å². The van der Waals surface area contributed by atoms with Crippen LogP contribution in [-0.4, -0.2) is 39.8 Å². The molecule has 0 aliphatic heterocycles. The largest absolute Gasteiger partial charge is 0.478 e. The first kappa shape index (κ1) is 16.9. The Bertz CT molecular complexity index is 952. The first-order valence-corrected chi connectivity index (χ1v) is 7.21. The van der Waals surface area contributed by atoms with E-state index >= 15 is 0 Å². The number of fused-ring (bicyclic) bond motifs is 3. The molecule has 3 rings (SSSR count). The molecule has 2 aromatic heterocycles. The van der Waals surface area contributed by atoms with Gasteiger partial charge in [-0.25, -0.2) is 4.98 Å². The highest BCUT2D eigenvalue weighted by molar-refractivity contribution is 5.81. The Hall–Kier alpha value is -2.91. The van der Waals surface area contributed by atoms with Crippen molar-refractivity contribution in [2.75, 3.05) is 14.2 Å². The number of nitrogens with zero attached hydrogens (tertiary/aromatic N) is 4. The van der Waals surface area contributed by atoms with E-state index in [2.05, 4.69) is 19.9 Å². The van der Waals surface area contributed by atoms with Crippen LogP contribution in [0, 0.1) is 0 Å². The van der Waals surface area contributed by atoms with Crippen molar-refractivity contribution in [3.63, 3.8) is 0 Å². The monoisotopic (exact) mass is 354 g/mol. The van der Waals surface area contributed by atoms with Gasteiger partial charge in [0.2, 0.25) is 11.5 Å². The van der Waals surface area contributed by atoms with Crippen molar-refractivity contribution in [3.05, 3.63) is 29.6 Å². The summed E-state index contributed by atoms with van der Waals surface area (Å²) in [5, 5.41) is 6.79. The second-order valence-corrected chi connectivity index (χ2v) is 5.20. The molecule has 10 heteroatoms. The summed E-state index contributed by atoms with van der Waals surface area (Å²) in [6.07, 6.45) is -4.26. The van der Waals surface area contributed by atoms with Gasteiger partial charge in [-0.1, -0.05) is 6.07 Å². The van der Waals surface area contributed by atoms with Crippen LogP contribution < -0.4 is 4.74 Å². The molecule has 0 saturated carbocycles. The number of esters is 1. The lowest BCUT2D eigenvalue weighted by Gasteiger charge is -2.10. The van der Waals surface area contributed by atoms with Gasteiger partial charge in [0.15, 0.2) is 0 Å². The van der Waals surface area contributed by atoms with Crippen LogP contribution in [-0.2, 0) is 22.1 Å². The van der Waals surface area contributed by atoms with Crippen LogP contribution in [0.4, 0.5) is 13.2 Å². The smallest absolute Gasteiger partial charge is 0.452 e. The van der Waals surface area contributed by atoms with Crippen LogP contribution in [0.2, 0.25) is 0 Å². The van der Waals surface area contributed by atoms with Gasteiger partial charge in [0.1, 0.15) is 0 Å². The van der Waals surface area contributed by atoms with Gasteiger partial charge in [-0.3, -0.25) is 9.20 Å². The number of halogens is 3. The SMILES string of the molecule is COC(=O)CCc1ccc2nc(OC)c3nnc(C(F)(F)F)n3c2c1. The topological polar surface area (TPSA) is 78.6 Å². The number of aryl methyl sites for hydroxylation is 1. The highest BCUT2D eigenvalue weighted by atomic mass is 19.4. The maximum absolute atomic E-state index is 13.3. The zero-order valence-corrected chi connectivity index (χ0v) is 13.3. The fraction of sp³-hybridized carbons (Fsp3) is 0.333. The second-order valence-electron chi connectivity index (χ2n) is 5.20. The maximum Gasteiger partial charge on any atom is 0.452 e. The normalized spacial score (nSPS) is 11.9. The number of hydrogen-bond acceptors (Lipinski definition) is 6. The quantitative estimate of drug-likeness (QED) is 0.670. The van der Waals surface area contributed by atoms with Gasteiger partial charge in [-0.2, -0.15) is 13.2 Å². The molecular weight excluding hydrogens is 341 g/mol. The van der Waals surface area contributed by atoms with Crippen LogP contribution in [0.5, 0.6) is 5.88 Å². The van der Waals surface area contributed by atoms with E-state index in [0.717, 1.165) is 4.40 Å². The van der Waals surface area contributed by atoms with Gasteiger partial charge in [0.05, 0.1) is 25.3 Å². The molecule has 0 radical (unpaired) electrons. The van der Waals surface area contributed by atoms with Crippen molar-refractivity contribution in [1.82, 2.24) is 19.6 Å². The molecule has 0 aliphatic rings. The van der Waals surface area contributed by atoms with Crippen LogP contribution >= 0.6 is 0 Å². The minimum atomic E-state index is -4.69. The first-order valence-electron chi connectivity index (χ1n) is 7.21. The third-order valence-corrected chi connectivity index (χ3v) is 3.65. The molecule has 1 aromatic carbocycles. The lowest BCUT2D eigenvalue weighted by atomic mass is 10.1. The summed E-state index contributed by atoms with van der Waals surface area (Å²) >= 11 is 0. The van der Waals surface area contributed by atoms with Crippen molar-refractivity contribution < 1.29 is 27.4 Å². The van der Waals surface area contributed by atoms with Gasteiger partial charge in [-0.15, -0.1) is 10.2 Å². The van der Waals surface area contributed by atoms with E-state index in [1.165, 1.54) is 20.3 Å². The summed E-state index contributed by atoms with van der Waals surface area (Å²) in [6, 6.07) is 4.77. The van der Waals surface area contributed by atoms with Crippen molar-refractivity contribution >= 4 is 22.6 Å². The van der Waals surface area contributed by atoms with E-state index in [1.54, 1.807) is 12.1 Å². The summed E-state index contributed by atoms with van der Waals surface area (Å²) in [4.78, 5) is 15.4. The van der Waals surface area contributed by atoms with Crippen molar-refractivity contribution in [1.29, 1.82) is 0 Å². The molecule has 7 nitrogen and oxygen atoms in total. The van der Waals surface area contributed by atoms with Crippen LogP contribution in [0.15, 0.2) is 18.2 Å². The molecule has 3 aromatic rings. The summed E-state index contributed by atoms with van der Waals surface area (Å²) in [6.45, 7) is 0. The predicted octanol–water partition coefficient (Wildman–Crippen LogP) is 2.41. The molecule has 132 valence electrons. The molecule has 0 bridgehead atoms. The average molecular weight is 354 g/mol. The third kappa shape index (κ3) is 3.06. The Morgan fingerprint density at radius 3 is 2.64 bits per heavy atom. The molecule has 0 fully saturated rings. The number of hydrogen-bond donors (Lipinski definition) is 0. The van der Waals surface area contributed by atoms with E-state index in [-0.39, 0.29) is 29.0 Å². The minimum Gasteiger partial charge on any atom is -0.478 e. The number of ether oxygens (including phenoxy) is 2. The van der Waals surface area contributed by atoms with Crippen molar-refractivity contribution in [2.45, 2.75) is 19.0 Å². The van der Waals surface area contributed by atoms with E-state index in [9.17, 15) is 18.0 Å². The first-order chi connectivity index (χ1) is 11.8. The van der Waals surface area contributed by atoms with Gasteiger partial charge >= 0.3 is 12.1 Å². The lowest BCUT2D eigenvalue weighted by molar-refractivity contribution is -0.145. The number of aromatic nitrogens is 4. The van der Waals surface area contributed by atoms with E-state index in [0.29, 0.717) is 12.0 Å². The molecule has 0 unspecified atom stereocenters. The summed E-state index contributed by atoms with van der Waals surface area (Å²) in [5.74, 6) is -1.63. The number of carbonyl (C=O) groups is 1. The standard InChI is InChI=1S/C15H13F3N4O3/c1-24-11(23)6-4-8-3-5-9-10(7-8)22-12(13(19-9)25-2)20-21-14(22)15(16,17)18/h3,5,7H,4,6H2,1-2H3. The Morgan fingerprint density at radius 1 is 1.24 bits per heavy atom. The fourth-order valence-corrected chi connectivity index (χ4v) is 2.48. The lowest BCUT2D eigenvalue weighted by Crippen LogP contribution is -2.12. The summed E-state index contributed by atoms with van der Waals surface area (Å²) in [5.41, 5.74) is 0.993. The molecule has 2 heterocycles. The minimum absolute atomic E-state index is 0.0576. The van der Waals surface area contributed by atoms with Gasteiger partial charge in [-0.05, 0) is 24.1 Å². The molecule has 0 aliphatic carbocycles. The molecule has 25 heavy (non-hydrogen) atoms. The second kappa shape index (κ2) is 6.19. The zero-order valence-electron chi connectivity index (χ0n) is 13.3.